The van der Waals surface area contributed by atoms with Crippen molar-refractivity contribution in [3.63, 3.8) is 0 Å². The van der Waals surface area contributed by atoms with Crippen LogP contribution in [-0.2, 0) is 11.2 Å². The first-order chi connectivity index (χ1) is 14.5. The van der Waals surface area contributed by atoms with Crippen molar-refractivity contribution in [1.29, 1.82) is 0 Å². The minimum Gasteiger partial charge on any atom is -0.354 e. The summed E-state index contributed by atoms with van der Waals surface area (Å²) in [6.45, 7) is 8.45. The third-order valence-electron chi connectivity index (χ3n) is 6.30. The largest absolute Gasteiger partial charge is 0.354 e. The van der Waals surface area contributed by atoms with Crippen molar-refractivity contribution in [2.45, 2.75) is 46.0 Å². The molecule has 1 saturated heterocycles. The second-order valence-corrected chi connectivity index (χ2v) is 8.46. The van der Waals surface area contributed by atoms with Gasteiger partial charge >= 0.3 is 0 Å². The van der Waals surface area contributed by atoms with Gasteiger partial charge in [-0.25, -0.2) is 0 Å². The molecule has 1 aromatic carbocycles. The molecular formula is C25H32N4O. The Morgan fingerprint density at radius 2 is 1.87 bits per heavy atom. The predicted octanol–water partition coefficient (Wildman–Crippen LogP) is 4.33. The van der Waals surface area contributed by atoms with Gasteiger partial charge in [0.15, 0.2) is 0 Å². The molecule has 0 saturated carbocycles. The molecule has 0 unspecified atom stereocenters. The van der Waals surface area contributed by atoms with Crippen LogP contribution in [0.5, 0.6) is 0 Å². The summed E-state index contributed by atoms with van der Waals surface area (Å²) in [5, 5.41) is 4.29. The van der Waals surface area contributed by atoms with E-state index in [1.54, 1.807) is 0 Å². The summed E-state index contributed by atoms with van der Waals surface area (Å²) in [7, 11) is 1.82. The Labute approximate surface area is 178 Å². The van der Waals surface area contributed by atoms with Crippen LogP contribution >= 0.6 is 0 Å². The SMILES string of the molecule is CCc1c(-c2cc(C)nc(C)c2)[nH]c2ccc(C3CCN(C(=O)CNC)CC3)cc12. The normalized spacial score (nSPS) is 15.1. The summed E-state index contributed by atoms with van der Waals surface area (Å²) in [6.07, 6.45) is 3.04. The molecule has 5 heteroatoms. The first-order valence-electron chi connectivity index (χ1n) is 11.0. The Bertz CT molecular complexity index is 1040. The second-order valence-electron chi connectivity index (χ2n) is 8.46. The molecular weight excluding hydrogens is 372 g/mol. The summed E-state index contributed by atoms with van der Waals surface area (Å²) in [6, 6.07) is 11.2. The number of nitrogens with one attached hydrogen (secondary N) is 2. The van der Waals surface area contributed by atoms with E-state index in [-0.39, 0.29) is 5.91 Å². The number of fused-ring (bicyclic) bond motifs is 1. The average Bonchev–Trinajstić information content (AvgIpc) is 3.11. The lowest BCUT2D eigenvalue weighted by atomic mass is 9.88. The van der Waals surface area contributed by atoms with Crippen molar-refractivity contribution in [3.05, 3.63) is 52.8 Å². The molecule has 2 N–H and O–H groups in total. The van der Waals surface area contributed by atoms with Crippen molar-refractivity contribution < 1.29 is 4.79 Å². The minimum atomic E-state index is 0.206. The van der Waals surface area contributed by atoms with E-state index in [4.69, 9.17) is 0 Å². The van der Waals surface area contributed by atoms with Gasteiger partial charge < -0.3 is 15.2 Å². The number of hydrogen-bond acceptors (Lipinski definition) is 3. The lowest BCUT2D eigenvalue weighted by Crippen LogP contribution is -2.41. The number of benzene rings is 1. The molecule has 1 aliphatic rings. The van der Waals surface area contributed by atoms with Crippen LogP contribution in [0.1, 0.15) is 48.2 Å². The number of piperidine rings is 1. The Morgan fingerprint density at radius 1 is 1.17 bits per heavy atom. The topological polar surface area (TPSA) is 61.0 Å². The van der Waals surface area contributed by atoms with E-state index in [9.17, 15) is 4.79 Å². The van der Waals surface area contributed by atoms with E-state index < -0.39 is 0 Å². The van der Waals surface area contributed by atoms with E-state index >= 15 is 0 Å². The number of aryl methyl sites for hydroxylation is 3. The quantitative estimate of drug-likeness (QED) is 0.665. The smallest absolute Gasteiger partial charge is 0.236 e. The van der Waals surface area contributed by atoms with E-state index in [0.717, 1.165) is 43.7 Å². The van der Waals surface area contributed by atoms with Crippen LogP contribution in [0.4, 0.5) is 0 Å². The van der Waals surface area contributed by atoms with Gasteiger partial charge in [0.1, 0.15) is 0 Å². The number of amides is 1. The molecule has 2 aromatic heterocycles. The maximum Gasteiger partial charge on any atom is 0.236 e. The van der Waals surface area contributed by atoms with Crippen molar-refractivity contribution in [1.82, 2.24) is 20.2 Å². The molecule has 3 heterocycles. The van der Waals surface area contributed by atoms with Gasteiger partial charge in [-0.15, -0.1) is 0 Å². The molecule has 0 radical (unpaired) electrons. The monoisotopic (exact) mass is 404 g/mol. The van der Waals surface area contributed by atoms with Gasteiger partial charge in [-0.05, 0) is 81.5 Å². The lowest BCUT2D eigenvalue weighted by molar-refractivity contribution is -0.131. The van der Waals surface area contributed by atoms with Crippen LogP contribution in [0.15, 0.2) is 30.3 Å². The molecule has 0 aliphatic carbocycles. The van der Waals surface area contributed by atoms with Crippen LogP contribution in [0.2, 0.25) is 0 Å². The zero-order chi connectivity index (χ0) is 21.3. The van der Waals surface area contributed by atoms with Crippen LogP contribution in [-0.4, -0.2) is 47.5 Å². The molecule has 0 atom stereocenters. The van der Waals surface area contributed by atoms with Gasteiger partial charge in [-0.2, -0.15) is 0 Å². The zero-order valence-electron chi connectivity index (χ0n) is 18.5. The van der Waals surface area contributed by atoms with Crippen molar-refractivity contribution in [3.8, 4) is 11.3 Å². The first kappa shape index (κ1) is 20.6. The van der Waals surface area contributed by atoms with Gasteiger partial charge in [0, 0.05) is 46.6 Å². The Balaban J connectivity index is 1.63. The molecule has 5 nitrogen and oxygen atoms in total. The third-order valence-corrected chi connectivity index (χ3v) is 6.30. The van der Waals surface area contributed by atoms with Crippen LogP contribution in [0.3, 0.4) is 0 Å². The van der Waals surface area contributed by atoms with Crippen molar-refractivity contribution in [2.75, 3.05) is 26.7 Å². The van der Waals surface area contributed by atoms with Crippen LogP contribution in [0.25, 0.3) is 22.2 Å². The number of aromatic amines is 1. The molecule has 0 bridgehead atoms. The van der Waals surface area contributed by atoms with Crippen LogP contribution < -0.4 is 5.32 Å². The van der Waals surface area contributed by atoms with Gasteiger partial charge in [-0.1, -0.05) is 13.0 Å². The number of likely N-dealkylation sites (tertiary alicyclic amines) is 1. The second kappa shape index (κ2) is 8.60. The number of pyridine rings is 1. The number of carbonyl (C=O) groups excluding carboxylic acids is 1. The minimum absolute atomic E-state index is 0.206. The fraction of sp³-hybridized carbons (Fsp3) is 0.440. The lowest BCUT2D eigenvalue weighted by Gasteiger charge is -2.32. The Hall–Kier alpha value is -2.66. The average molecular weight is 405 g/mol. The molecule has 3 aromatic rings. The van der Waals surface area contributed by atoms with Gasteiger partial charge in [0.05, 0.1) is 6.54 Å². The standard InChI is InChI=1S/C25H32N4O/c1-5-21-22-14-19(18-8-10-29(11-9-18)24(30)15-26-4)6-7-23(22)28-25(21)20-12-16(2)27-17(3)13-20/h6-7,12-14,18,26,28H,5,8-11,15H2,1-4H3. The molecule has 0 spiro atoms. The fourth-order valence-electron chi connectivity index (χ4n) is 4.84. The van der Waals surface area contributed by atoms with E-state index in [2.05, 4.69) is 66.4 Å². The number of nitrogens with zero attached hydrogens (tertiary/aromatic N) is 2. The summed E-state index contributed by atoms with van der Waals surface area (Å²) >= 11 is 0. The van der Waals surface area contributed by atoms with Gasteiger partial charge in [-0.3, -0.25) is 9.78 Å². The first-order valence-corrected chi connectivity index (χ1v) is 11.0. The van der Waals surface area contributed by atoms with Gasteiger partial charge in [0.25, 0.3) is 0 Å². The summed E-state index contributed by atoms with van der Waals surface area (Å²) in [4.78, 5) is 22.3. The highest BCUT2D eigenvalue weighted by Gasteiger charge is 2.24. The third kappa shape index (κ3) is 3.99. The van der Waals surface area contributed by atoms with E-state index in [1.165, 1.54) is 33.3 Å². The van der Waals surface area contributed by atoms with E-state index in [0.29, 0.717) is 12.5 Å². The number of aromatic nitrogens is 2. The zero-order valence-corrected chi connectivity index (χ0v) is 18.5. The van der Waals surface area contributed by atoms with Gasteiger partial charge in [0.2, 0.25) is 5.91 Å². The highest BCUT2D eigenvalue weighted by molar-refractivity contribution is 5.91. The molecule has 30 heavy (non-hydrogen) atoms. The maximum atomic E-state index is 12.1. The molecule has 4 rings (SSSR count). The van der Waals surface area contributed by atoms with E-state index in [1.807, 2.05) is 11.9 Å². The Morgan fingerprint density at radius 3 is 2.50 bits per heavy atom. The molecule has 1 amide bonds. The van der Waals surface area contributed by atoms with Crippen LogP contribution in [0, 0.1) is 13.8 Å². The highest BCUT2D eigenvalue weighted by Crippen LogP contribution is 2.35. The number of likely N-dealkylation sites (N-methyl/N-ethyl adjacent to an activating group) is 1. The predicted molar refractivity (Wildman–Crippen MR) is 123 cm³/mol. The fourth-order valence-corrected chi connectivity index (χ4v) is 4.84. The molecule has 1 aliphatic heterocycles. The number of H-pyrrole nitrogens is 1. The summed E-state index contributed by atoms with van der Waals surface area (Å²) in [5.41, 5.74) is 8.48. The summed E-state index contributed by atoms with van der Waals surface area (Å²) in [5.74, 6) is 0.722. The highest BCUT2D eigenvalue weighted by atomic mass is 16.2. The Kier molecular flexibility index (Phi) is 5.91. The number of rotatable bonds is 5. The van der Waals surface area contributed by atoms with Crippen molar-refractivity contribution >= 4 is 16.8 Å². The maximum absolute atomic E-state index is 12.1. The number of carbonyl (C=O) groups is 1. The molecule has 158 valence electrons. The van der Waals surface area contributed by atoms with Crippen molar-refractivity contribution in [2.24, 2.45) is 0 Å². The number of hydrogen-bond donors (Lipinski definition) is 2. The summed E-state index contributed by atoms with van der Waals surface area (Å²) < 4.78 is 0. The molecule has 1 fully saturated rings.